The lowest BCUT2D eigenvalue weighted by atomic mass is 10.2. The maximum absolute atomic E-state index is 12.8. The Bertz CT molecular complexity index is 1130. The zero-order valence-electron chi connectivity index (χ0n) is 16.8. The molecule has 1 aliphatic heterocycles. The Morgan fingerprint density at radius 1 is 1.03 bits per heavy atom. The lowest BCUT2D eigenvalue weighted by Crippen LogP contribution is -2.48. The van der Waals surface area contributed by atoms with Gasteiger partial charge in [0.1, 0.15) is 5.69 Å². The molecule has 0 spiro atoms. The number of anilines is 1. The molecule has 164 valence electrons. The Labute approximate surface area is 175 Å². The van der Waals surface area contributed by atoms with Crippen molar-refractivity contribution in [1.82, 2.24) is 24.4 Å². The van der Waals surface area contributed by atoms with Gasteiger partial charge in [-0.3, -0.25) is 9.69 Å². The molecule has 0 radical (unpaired) electrons. The number of fused-ring (bicyclic) bond motifs is 1. The number of hydrogen-bond acceptors (Lipinski definition) is 7. The standard InChI is InChI=1S/C20H21F3N6O2/c1-31-17-4-6-24-19(26-17)29-12-9-27(10-13-29)8-11-28-7-5-15-14(18(28)30)2-3-16(25-15)20(21,22)23/h2-7H,8-13H2,1H3. The molecule has 3 aromatic heterocycles. The van der Waals surface area contributed by atoms with Crippen LogP contribution in [0.5, 0.6) is 5.88 Å². The predicted octanol–water partition coefficient (Wildman–Crippen LogP) is 2.04. The molecule has 3 aromatic rings. The van der Waals surface area contributed by atoms with Crippen LogP contribution in [0.15, 0.2) is 41.5 Å². The quantitative estimate of drug-likeness (QED) is 0.608. The van der Waals surface area contributed by atoms with E-state index in [0.29, 0.717) is 24.9 Å². The Morgan fingerprint density at radius 3 is 2.52 bits per heavy atom. The molecule has 4 heterocycles. The molecule has 1 aliphatic rings. The molecule has 0 N–H and O–H groups in total. The molecular weight excluding hydrogens is 413 g/mol. The first-order chi connectivity index (χ1) is 14.8. The zero-order valence-corrected chi connectivity index (χ0v) is 16.8. The number of rotatable bonds is 5. The van der Waals surface area contributed by atoms with Crippen LogP contribution in [0.1, 0.15) is 5.69 Å². The molecule has 4 rings (SSSR count). The van der Waals surface area contributed by atoms with E-state index in [0.717, 1.165) is 32.2 Å². The van der Waals surface area contributed by atoms with Crippen molar-refractivity contribution in [1.29, 1.82) is 0 Å². The number of ether oxygens (including phenoxy) is 1. The molecule has 0 atom stereocenters. The first kappa shape index (κ1) is 21.0. The van der Waals surface area contributed by atoms with Crippen LogP contribution in [0.25, 0.3) is 10.9 Å². The highest BCUT2D eigenvalue weighted by Gasteiger charge is 2.32. The van der Waals surface area contributed by atoms with Crippen LogP contribution in [0.4, 0.5) is 19.1 Å². The van der Waals surface area contributed by atoms with Crippen LogP contribution in [0, 0.1) is 0 Å². The molecule has 0 aliphatic carbocycles. The summed E-state index contributed by atoms with van der Waals surface area (Å²) >= 11 is 0. The van der Waals surface area contributed by atoms with Gasteiger partial charge in [-0.15, -0.1) is 0 Å². The minimum Gasteiger partial charge on any atom is -0.481 e. The molecule has 1 fully saturated rings. The first-order valence-corrected chi connectivity index (χ1v) is 9.77. The maximum Gasteiger partial charge on any atom is 0.433 e. The van der Waals surface area contributed by atoms with Crippen molar-refractivity contribution in [2.45, 2.75) is 12.7 Å². The summed E-state index contributed by atoms with van der Waals surface area (Å²) in [7, 11) is 1.56. The molecule has 8 nitrogen and oxygen atoms in total. The molecule has 0 amide bonds. The summed E-state index contributed by atoms with van der Waals surface area (Å²) in [5.74, 6) is 1.13. The minimum atomic E-state index is -4.54. The number of hydrogen-bond donors (Lipinski definition) is 0. The number of aromatic nitrogens is 4. The third-order valence-electron chi connectivity index (χ3n) is 5.26. The lowest BCUT2D eigenvalue weighted by Gasteiger charge is -2.34. The van der Waals surface area contributed by atoms with E-state index in [1.165, 1.54) is 22.9 Å². The third-order valence-corrected chi connectivity index (χ3v) is 5.26. The van der Waals surface area contributed by atoms with Crippen LogP contribution in [-0.2, 0) is 12.7 Å². The highest BCUT2D eigenvalue weighted by Crippen LogP contribution is 2.28. The van der Waals surface area contributed by atoms with Crippen LogP contribution >= 0.6 is 0 Å². The second kappa shape index (κ2) is 8.50. The Balaban J connectivity index is 1.38. The minimum absolute atomic E-state index is 0.0444. The van der Waals surface area contributed by atoms with Gasteiger partial charge < -0.3 is 14.2 Å². The predicted molar refractivity (Wildman–Crippen MR) is 108 cm³/mol. The summed E-state index contributed by atoms with van der Waals surface area (Å²) in [6, 6.07) is 5.18. The fourth-order valence-electron chi connectivity index (χ4n) is 3.52. The van der Waals surface area contributed by atoms with Crippen molar-refractivity contribution in [3.8, 4) is 5.88 Å². The van der Waals surface area contributed by atoms with Crippen molar-refractivity contribution >= 4 is 16.9 Å². The van der Waals surface area contributed by atoms with E-state index in [9.17, 15) is 18.0 Å². The molecule has 0 unspecified atom stereocenters. The van der Waals surface area contributed by atoms with Crippen molar-refractivity contribution in [2.24, 2.45) is 0 Å². The van der Waals surface area contributed by atoms with Crippen molar-refractivity contribution in [3.63, 3.8) is 0 Å². The Hall–Kier alpha value is -3.21. The van der Waals surface area contributed by atoms with E-state index < -0.39 is 11.9 Å². The van der Waals surface area contributed by atoms with Gasteiger partial charge in [0.05, 0.1) is 18.0 Å². The van der Waals surface area contributed by atoms with Gasteiger partial charge in [0.15, 0.2) is 0 Å². The molecule has 0 saturated carbocycles. The van der Waals surface area contributed by atoms with Crippen molar-refractivity contribution in [2.75, 3.05) is 44.7 Å². The summed E-state index contributed by atoms with van der Waals surface area (Å²) in [6.07, 6.45) is -1.38. The summed E-state index contributed by atoms with van der Waals surface area (Å²) < 4.78 is 45.1. The van der Waals surface area contributed by atoms with Gasteiger partial charge in [0.25, 0.3) is 5.56 Å². The average Bonchev–Trinajstić information content (AvgIpc) is 2.78. The highest BCUT2D eigenvalue weighted by atomic mass is 19.4. The van der Waals surface area contributed by atoms with E-state index in [1.54, 1.807) is 19.4 Å². The molecule has 1 saturated heterocycles. The number of alkyl halides is 3. The SMILES string of the molecule is COc1ccnc(N2CCN(CCn3ccc4nc(C(F)(F)F)ccc4c3=O)CC2)n1. The van der Waals surface area contributed by atoms with Gasteiger partial charge in [0, 0.05) is 57.7 Å². The number of nitrogens with zero attached hydrogens (tertiary/aromatic N) is 6. The molecular formula is C20H21F3N6O2. The topological polar surface area (TPSA) is 76.4 Å². The summed E-state index contributed by atoms with van der Waals surface area (Å²) in [5.41, 5.74) is -1.31. The molecule has 31 heavy (non-hydrogen) atoms. The van der Waals surface area contributed by atoms with E-state index in [1.807, 2.05) is 0 Å². The van der Waals surface area contributed by atoms with Gasteiger partial charge in [-0.25, -0.2) is 9.97 Å². The fourth-order valence-corrected chi connectivity index (χ4v) is 3.52. The van der Waals surface area contributed by atoms with Gasteiger partial charge in [-0.2, -0.15) is 18.2 Å². The monoisotopic (exact) mass is 434 g/mol. The second-order valence-electron chi connectivity index (χ2n) is 7.17. The summed E-state index contributed by atoms with van der Waals surface area (Å²) in [4.78, 5) is 29.1. The average molecular weight is 434 g/mol. The van der Waals surface area contributed by atoms with E-state index in [-0.39, 0.29) is 16.5 Å². The normalized spacial score (nSPS) is 15.4. The highest BCUT2D eigenvalue weighted by molar-refractivity contribution is 5.77. The van der Waals surface area contributed by atoms with E-state index >= 15 is 0 Å². The number of pyridine rings is 2. The fraction of sp³-hybridized carbons (Fsp3) is 0.400. The first-order valence-electron chi connectivity index (χ1n) is 9.77. The largest absolute Gasteiger partial charge is 0.481 e. The van der Waals surface area contributed by atoms with Gasteiger partial charge in [-0.1, -0.05) is 0 Å². The number of halogens is 3. The van der Waals surface area contributed by atoms with E-state index in [4.69, 9.17) is 4.74 Å². The van der Waals surface area contributed by atoms with Crippen molar-refractivity contribution < 1.29 is 17.9 Å². The Kier molecular flexibility index (Phi) is 5.77. The van der Waals surface area contributed by atoms with E-state index in [2.05, 4.69) is 24.8 Å². The molecule has 11 heteroatoms. The van der Waals surface area contributed by atoms with Crippen molar-refractivity contribution in [3.05, 3.63) is 52.7 Å². The Morgan fingerprint density at radius 2 is 1.81 bits per heavy atom. The summed E-state index contributed by atoms with van der Waals surface area (Å²) in [5, 5.41) is 0.176. The number of methoxy groups -OCH3 is 1. The lowest BCUT2D eigenvalue weighted by molar-refractivity contribution is -0.140. The van der Waals surface area contributed by atoms with Crippen LogP contribution in [0.2, 0.25) is 0 Å². The summed E-state index contributed by atoms with van der Waals surface area (Å²) in [6.45, 7) is 4.12. The molecule has 0 bridgehead atoms. The molecule has 0 aromatic carbocycles. The van der Waals surface area contributed by atoms with Crippen LogP contribution in [0.3, 0.4) is 0 Å². The van der Waals surface area contributed by atoms with Crippen LogP contribution < -0.4 is 15.2 Å². The van der Waals surface area contributed by atoms with Gasteiger partial charge >= 0.3 is 6.18 Å². The third kappa shape index (κ3) is 4.61. The van der Waals surface area contributed by atoms with Crippen LogP contribution in [-0.4, -0.2) is 64.3 Å². The second-order valence-corrected chi connectivity index (χ2v) is 7.17. The smallest absolute Gasteiger partial charge is 0.433 e. The number of piperazine rings is 1. The van der Waals surface area contributed by atoms with Gasteiger partial charge in [-0.05, 0) is 18.2 Å². The van der Waals surface area contributed by atoms with Gasteiger partial charge in [0.2, 0.25) is 11.8 Å². The zero-order chi connectivity index (χ0) is 22.0. The maximum atomic E-state index is 12.8.